The highest BCUT2D eigenvalue weighted by molar-refractivity contribution is 5.25. The Morgan fingerprint density at radius 3 is 2.94 bits per heavy atom. The molecular weight excluding hydrogens is 228 g/mol. The highest BCUT2D eigenvalue weighted by Crippen LogP contribution is 2.21. The van der Waals surface area contributed by atoms with Crippen LogP contribution in [0.15, 0.2) is 18.2 Å². The van der Waals surface area contributed by atoms with Crippen LogP contribution in [-0.2, 0) is 4.74 Å². The lowest BCUT2D eigenvalue weighted by molar-refractivity contribution is -0.0144. The molecule has 2 unspecified atom stereocenters. The molecule has 0 amide bonds. The first-order chi connectivity index (χ1) is 8.20. The Morgan fingerprint density at radius 1 is 1.41 bits per heavy atom. The van der Waals surface area contributed by atoms with Crippen molar-refractivity contribution < 1.29 is 18.3 Å². The molecule has 0 spiro atoms. The van der Waals surface area contributed by atoms with Gasteiger partial charge < -0.3 is 14.8 Å². The van der Waals surface area contributed by atoms with Crippen molar-refractivity contribution in [2.45, 2.75) is 18.6 Å². The number of halogens is 2. The summed E-state index contributed by atoms with van der Waals surface area (Å²) in [6.45, 7) is 1.07. The number of likely N-dealkylation sites (N-methyl/N-ethyl adjacent to an activating group) is 1. The van der Waals surface area contributed by atoms with Crippen molar-refractivity contribution in [2.24, 2.45) is 0 Å². The molecule has 94 valence electrons. The molecular formula is C12H15F2NO2. The lowest BCUT2D eigenvalue weighted by Gasteiger charge is -2.31. The lowest BCUT2D eigenvalue weighted by Crippen LogP contribution is -2.48. The van der Waals surface area contributed by atoms with E-state index >= 15 is 0 Å². The monoisotopic (exact) mass is 243 g/mol. The van der Waals surface area contributed by atoms with E-state index in [0.29, 0.717) is 13.2 Å². The summed E-state index contributed by atoms with van der Waals surface area (Å²) in [7, 11) is 1.83. The topological polar surface area (TPSA) is 30.5 Å². The molecule has 3 nitrogen and oxygen atoms in total. The molecule has 1 fully saturated rings. The number of rotatable bonds is 3. The van der Waals surface area contributed by atoms with Gasteiger partial charge in [-0.15, -0.1) is 0 Å². The molecule has 0 saturated carbocycles. The van der Waals surface area contributed by atoms with Crippen LogP contribution in [0.3, 0.4) is 0 Å². The summed E-state index contributed by atoms with van der Waals surface area (Å²) in [6, 6.07) is 3.41. The Kier molecular flexibility index (Phi) is 3.91. The van der Waals surface area contributed by atoms with Gasteiger partial charge in [0.05, 0.1) is 6.61 Å². The second kappa shape index (κ2) is 5.42. The molecule has 1 N–H and O–H groups in total. The van der Waals surface area contributed by atoms with Crippen LogP contribution in [0.2, 0.25) is 0 Å². The largest absolute Gasteiger partial charge is 0.483 e. The quantitative estimate of drug-likeness (QED) is 0.876. The number of nitrogens with one attached hydrogen (secondary N) is 1. The summed E-state index contributed by atoms with van der Waals surface area (Å²) in [5.74, 6) is -1.24. The van der Waals surface area contributed by atoms with E-state index in [2.05, 4.69) is 5.32 Å². The standard InChI is InChI=1S/C12H15F2NO2/c1-15-10-4-5-16-7-12(10)17-11-3-2-8(13)6-9(11)14/h2-3,6,10,12,15H,4-5,7H2,1H3. The molecule has 1 aromatic carbocycles. The second-order valence-corrected chi connectivity index (χ2v) is 3.99. The molecule has 2 atom stereocenters. The maximum absolute atomic E-state index is 13.4. The average Bonchev–Trinajstić information content (AvgIpc) is 2.33. The van der Waals surface area contributed by atoms with Crippen LogP contribution in [0, 0.1) is 11.6 Å². The first kappa shape index (κ1) is 12.3. The summed E-state index contributed by atoms with van der Waals surface area (Å²) >= 11 is 0. The highest BCUT2D eigenvalue weighted by Gasteiger charge is 2.26. The molecule has 0 aliphatic carbocycles. The molecule has 5 heteroatoms. The van der Waals surface area contributed by atoms with Gasteiger partial charge >= 0.3 is 0 Å². The fourth-order valence-corrected chi connectivity index (χ4v) is 1.89. The molecule has 1 aliphatic rings. The van der Waals surface area contributed by atoms with Crippen molar-refractivity contribution in [1.82, 2.24) is 5.32 Å². The van der Waals surface area contributed by atoms with Gasteiger partial charge in [-0.3, -0.25) is 0 Å². The van der Waals surface area contributed by atoms with Crippen molar-refractivity contribution in [2.75, 3.05) is 20.3 Å². The number of ether oxygens (including phenoxy) is 2. The first-order valence-corrected chi connectivity index (χ1v) is 5.57. The summed E-state index contributed by atoms with van der Waals surface area (Å²) in [5, 5.41) is 3.10. The van der Waals surface area contributed by atoms with Crippen LogP contribution in [0.4, 0.5) is 8.78 Å². The fraction of sp³-hybridized carbons (Fsp3) is 0.500. The summed E-state index contributed by atoms with van der Waals surface area (Å²) in [5.41, 5.74) is 0. The Balaban J connectivity index is 2.08. The SMILES string of the molecule is CNC1CCOCC1Oc1ccc(F)cc1F. The van der Waals surface area contributed by atoms with Gasteiger partial charge in [0.25, 0.3) is 0 Å². The zero-order chi connectivity index (χ0) is 12.3. The first-order valence-electron chi connectivity index (χ1n) is 5.57. The van der Waals surface area contributed by atoms with E-state index in [1.54, 1.807) is 0 Å². The third-order valence-corrected chi connectivity index (χ3v) is 2.85. The van der Waals surface area contributed by atoms with Gasteiger partial charge in [0, 0.05) is 18.7 Å². The minimum Gasteiger partial charge on any atom is -0.483 e. The maximum Gasteiger partial charge on any atom is 0.167 e. The molecule has 1 saturated heterocycles. The van der Waals surface area contributed by atoms with E-state index in [0.717, 1.165) is 12.5 Å². The maximum atomic E-state index is 13.4. The van der Waals surface area contributed by atoms with Gasteiger partial charge in [0.15, 0.2) is 11.6 Å². The highest BCUT2D eigenvalue weighted by atomic mass is 19.1. The zero-order valence-electron chi connectivity index (χ0n) is 9.58. The predicted octanol–water partition coefficient (Wildman–Crippen LogP) is 1.72. The minimum atomic E-state index is -0.689. The zero-order valence-corrected chi connectivity index (χ0v) is 9.58. The van der Waals surface area contributed by atoms with Crippen molar-refractivity contribution in [3.63, 3.8) is 0 Å². The van der Waals surface area contributed by atoms with Gasteiger partial charge in [-0.25, -0.2) is 8.78 Å². The molecule has 1 aliphatic heterocycles. The Labute approximate surface area is 98.7 Å². The van der Waals surface area contributed by atoms with Crippen molar-refractivity contribution in [1.29, 1.82) is 0 Å². The average molecular weight is 243 g/mol. The molecule has 2 rings (SSSR count). The number of hydrogen-bond acceptors (Lipinski definition) is 3. The fourth-order valence-electron chi connectivity index (χ4n) is 1.89. The smallest absolute Gasteiger partial charge is 0.167 e. The van der Waals surface area contributed by atoms with Crippen LogP contribution in [0.5, 0.6) is 5.75 Å². The van der Waals surface area contributed by atoms with E-state index < -0.39 is 11.6 Å². The van der Waals surface area contributed by atoms with Crippen molar-refractivity contribution in [3.05, 3.63) is 29.8 Å². The summed E-state index contributed by atoms with van der Waals surface area (Å²) < 4.78 is 37.0. The molecule has 0 radical (unpaired) electrons. The van der Waals surface area contributed by atoms with Gasteiger partial charge in [-0.1, -0.05) is 0 Å². The lowest BCUT2D eigenvalue weighted by atomic mass is 10.1. The van der Waals surface area contributed by atoms with E-state index in [9.17, 15) is 8.78 Å². The Bertz CT molecular complexity index is 387. The van der Waals surface area contributed by atoms with E-state index in [1.807, 2.05) is 7.05 Å². The van der Waals surface area contributed by atoms with Gasteiger partial charge in [0.1, 0.15) is 11.9 Å². The molecule has 17 heavy (non-hydrogen) atoms. The van der Waals surface area contributed by atoms with Crippen molar-refractivity contribution >= 4 is 0 Å². The van der Waals surface area contributed by atoms with E-state index in [-0.39, 0.29) is 17.9 Å². The van der Waals surface area contributed by atoms with Crippen molar-refractivity contribution in [3.8, 4) is 5.75 Å². The predicted molar refractivity (Wildman–Crippen MR) is 59.1 cm³/mol. The minimum absolute atomic E-state index is 0.0575. The van der Waals surface area contributed by atoms with Crippen LogP contribution in [0.25, 0.3) is 0 Å². The number of benzene rings is 1. The summed E-state index contributed by atoms with van der Waals surface area (Å²) in [4.78, 5) is 0. The Hall–Kier alpha value is -1.20. The molecule has 1 aromatic rings. The summed E-state index contributed by atoms with van der Waals surface area (Å²) in [6.07, 6.45) is 0.554. The number of hydrogen-bond donors (Lipinski definition) is 1. The van der Waals surface area contributed by atoms with Gasteiger partial charge in [-0.05, 0) is 25.6 Å². The van der Waals surface area contributed by atoms with Crippen LogP contribution in [0.1, 0.15) is 6.42 Å². The molecule has 1 heterocycles. The van der Waals surface area contributed by atoms with Gasteiger partial charge in [0.2, 0.25) is 0 Å². The van der Waals surface area contributed by atoms with Crippen LogP contribution >= 0.6 is 0 Å². The van der Waals surface area contributed by atoms with Gasteiger partial charge in [-0.2, -0.15) is 0 Å². The van der Waals surface area contributed by atoms with Crippen LogP contribution < -0.4 is 10.1 Å². The van der Waals surface area contributed by atoms with Crippen LogP contribution in [-0.4, -0.2) is 32.4 Å². The van der Waals surface area contributed by atoms with E-state index in [4.69, 9.17) is 9.47 Å². The third kappa shape index (κ3) is 2.92. The Morgan fingerprint density at radius 2 is 2.24 bits per heavy atom. The molecule has 0 bridgehead atoms. The second-order valence-electron chi connectivity index (χ2n) is 3.99. The van der Waals surface area contributed by atoms with E-state index in [1.165, 1.54) is 12.1 Å². The third-order valence-electron chi connectivity index (χ3n) is 2.85. The normalized spacial score (nSPS) is 24.6. The molecule has 0 aromatic heterocycles.